The van der Waals surface area contributed by atoms with Gasteiger partial charge in [0.15, 0.2) is 6.29 Å². The van der Waals surface area contributed by atoms with Crippen molar-refractivity contribution >= 4 is 12.3 Å². The highest BCUT2D eigenvalue weighted by Gasteiger charge is 2.85. The number of hydrogen-bond acceptors (Lipinski definition) is 5. The minimum atomic E-state index is -1.32. The molecule has 0 unspecified atom stereocenters. The highest BCUT2D eigenvalue weighted by Crippen LogP contribution is 2.80. The van der Waals surface area contributed by atoms with Crippen molar-refractivity contribution in [3.8, 4) is 0 Å². The molecule has 1 aliphatic heterocycles. The van der Waals surface area contributed by atoms with E-state index in [0.717, 1.165) is 43.4 Å². The van der Waals surface area contributed by atoms with Crippen molar-refractivity contribution in [3.63, 3.8) is 0 Å². The zero-order chi connectivity index (χ0) is 24.6. The Balaban J connectivity index is 1.62. The summed E-state index contributed by atoms with van der Waals surface area (Å²) in [5, 5.41) is 11.1. The highest BCUT2D eigenvalue weighted by atomic mass is 16.7. The van der Waals surface area contributed by atoms with Crippen LogP contribution in [0.2, 0.25) is 0 Å². The van der Waals surface area contributed by atoms with Gasteiger partial charge < -0.3 is 19.4 Å². The van der Waals surface area contributed by atoms with Crippen LogP contribution in [-0.2, 0) is 19.1 Å². The van der Waals surface area contributed by atoms with E-state index in [0.29, 0.717) is 31.2 Å². The number of rotatable bonds is 7. The predicted molar refractivity (Wildman–Crippen MR) is 129 cm³/mol. The van der Waals surface area contributed by atoms with Gasteiger partial charge in [0.1, 0.15) is 11.7 Å². The van der Waals surface area contributed by atoms with E-state index in [9.17, 15) is 14.7 Å². The smallest absolute Gasteiger partial charge is 0.317 e. The predicted octanol–water partition coefficient (Wildman–Crippen LogP) is 4.30. The van der Waals surface area contributed by atoms with Gasteiger partial charge in [-0.1, -0.05) is 51.0 Å². The Hall–Kier alpha value is -1.50. The number of carbonyl (C=O) groups is 2. The quantitative estimate of drug-likeness (QED) is 0.441. The highest BCUT2D eigenvalue weighted by molar-refractivity contribution is 5.91. The van der Waals surface area contributed by atoms with Crippen molar-refractivity contribution < 1.29 is 24.2 Å². The molecule has 5 rings (SSSR count). The van der Waals surface area contributed by atoms with E-state index in [2.05, 4.69) is 38.3 Å². The van der Waals surface area contributed by atoms with Gasteiger partial charge >= 0.3 is 5.97 Å². The topological polar surface area (TPSA) is 76.1 Å². The molecule has 0 aromatic carbocycles. The van der Waals surface area contributed by atoms with E-state index in [1.807, 2.05) is 13.8 Å². The normalized spacial score (nSPS) is 47.5. The summed E-state index contributed by atoms with van der Waals surface area (Å²) in [6, 6.07) is 0. The first-order valence-electron chi connectivity index (χ1n) is 13.1. The SMILES string of the molecule is C=C(C)CN1C[C@H](O[C@@]23C[C@@H]4[C@H](C)CC[C@H]4[C@@]4(C=O)C[C@@H]2C=C(C(C)C)[C@@]34C(=O)O)O[C@H](C)C1. The van der Waals surface area contributed by atoms with E-state index in [1.54, 1.807) is 0 Å². The van der Waals surface area contributed by atoms with Crippen LogP contribution in [0.5, 0.6) is 0 Å². The summed E-state index contributed by atoms with van der Waals surface area (Å²) in [5.41, 5.74) is -1.21. The van der Waals surface area contributed by atoms with Crippen molar-refractivity contribution in [2.75, 3.05) is 19.6 Å². The first-order valence-corrected chi connectivity index (χ1v) is 13.1. The standard InChI is InChI=1S/C28H41NO5/c1-16(2)12-29-13-19(6)33-24(14-29)34-27-11-21-18(5)7-8-22(21)26(15-30)10-20(27)9-23(17(3)4)28(26,27)25(31)32/h9,15,17-22,24H,1,7-8,10-14H2,2-6H3,(H,31,32)/t18-,19-,20+,21-,22-,24+,26+,27+,28+/m1/s1. The number of ether oxygens (including phenoxy) is 2. The van der Waals surface area contributed by atoms with Gasteiger partial charge in [-0.3, -0.25) is 9.69 Å². The lowest BCUT2D eigenvalue weighted by Crippen LogP contribution is -2.67. The van der Waals surface area contributed by atoms with Crippen LogP contribution < -0.4 is 0 Å². The molecule has 0 radical (unpaired) electrons. The Labute approximate surface area is 203 Å². The van der Waals surface area contributed by atoms with Crippen molar-refractivity contribution in [3.05, 3.63) is 23.8 Å². The number of aldehydes is 1. The van der Waals surface area contributed by atoms with Crippen LogP contribution in [0.4, 0.5) is 0 Å². The minimum Gasteiger partial charge on any atom is -0.480 e. The largest absolute Gasteiger partial charge is 0.480 e. The average molecular weight is 472 g/mol. The molecule has 1 heterocycles. The van der Waals surface area contributed by atoms with Crippen LogP contribution in [0.1, 0.15) is 60.3 Å². The van der Waals surface area contributed by atoms with Crippen molar-refractivity contribution in [2.24, 2.45) is 40.4 Å². The molecule has 6 nitrogen and oxygen atoms in total. The summed E-state index contributed by atoms with van der Waals surface area (Å²) in [4.78, 5) is 28.9. The third-order valence-electron chi connectivity index (χ3n) is 9.98. The monoisotopic (exact) mass is 471 g/mol. The van der Waals surface area contributed by atoms with E-state index in [1.165, 1.54) is 0 Å². The Kier molecular flexibility index (Phi) is 5.70. The van der Waals surface area contributed by atoms with Crippen molar-refractivity contribution in [2.45, 2.75) is 78.3 Å². The lowest BCUT2D eigenvalue weighted by molar-refractivity contribution is -0.292. The van der Waals surface area contributed by atoms with Gasteiger partial charge in [-0.05, 0) is 56.8 Å². The van der Waals surface area contributed by atoms with Crippen LogP contribution in [-0.4, -0.2) is 59.9 Å². The molecule has 1 saturated heterocycles. The van der Waals surface area contributed by atoms with E-state index < -0.39 is 28.7 Å². The third kappa shape index (κ3) is 2.91. The number of morpholine rings is 1. The number of aliphatic carboxylic acids is 1. The van der Waals surface area contributed by atoms with Crippen LogP contribution in [0.15, 0.2) is 23.8 Å². The van der Waals surface area contributed by atoms with Gasteiger partial charge in [0.25, 0.3) is 0 Å². The summed E-state index contributed by atoms with van der Waals surface area (Å²) < 4.78 is 13.3. The minimum absolute atomic E-state index is 0.0237. The molecule has 4 aliphatic carbocycles. The molecule has 0 spiro atoms. The summed E-state index contributed by atoms with van der Waals surface area (Å²) >= 11 is 0. The van der Waals surface area contributed by atoms with Crippen LogP contribution >= 0.6 is 0 Å². The first-order chi connectivity index (χ1) is 16.0. The van der Waals surface area contributed by atoms with Crippen LogP contribution in [0.3, 0.4) is 0 Å². The molecule has 5 aliphatic rings. The Bertz CT molecular complexity index is 928. The number of carboxylic acid groups (broad SMARTS) is 1. The number of fused-ring (bicyclic) bond motifs is 2. The maximum atomic E-state index is 13.5. The fourth-order valence-corrected chi connectivity index (χ4v) is 9.12. The van der Waals surface area contributed by atoms with Crippen molar-refractivity contribution in [1.82, 2.24) is 4.90 Å². The Morgan fingerprint density at radius 1 is 1.32 bits per heavy atom. The van der Waals surface area contributed by atoms with E-state index >= 15 is 0 Å². The lowest BCUT2D eigenvalue weighted by atomic mass is 9.45. The maximum absolute atomic E-state index is 13.5. The second kappa shape index (κ2) is 8.01. The van der Waals surface area contributed by atoms with Crippen LogP contribution in [0.25, 0.3) is 0 Å². The third-order valence-corrected chi connectivity index (χ3v) is 9.98. The van der Waals surface area contributed by atoms with Gasteiger partial charge in [0, 0.05) is 25.6 Å². The van der Waals surface area contributed by atoms with Gasteiger partial charge in [-0.25, -0.2) is 0 Å². The van der Waals surface area contributed by atoms with Gasteiger partial charge in [0.05, 0.1) is 17.1 Å². The number of carbonyl (C=O) groups excluding carboxylic acids is 1. The molecular formula is C28H41NO5. The number of carboxylic acids is 1. The second-order valence-corrected chi connectivity index (χ2v) is 12.4. The average Bonchev–Trinajstić information content (AvgIpc) is 3.29. The Morgan fingerprint density at radius 3 is 2.68 bits per heavy atom. The summed E-state index contributed by atoms with van der Waals surface area (Å²) in [6.45, 7) is 16.6. The summed E-state index contributed by atoms with van der Waals surface area (Å²) in [6.07, 6.45) is 5.90. The molecule has 6 heteroatoms. The molecule has 4 bridgehead atoms. The fourth-order valence-electron chi connectivity index (χ4n) is 9.12. The molecule has 1 N–H and O–H groups in total. The molecule has 0 amide bonds. The Morgan fingerprint density at radius 2 is 2.06 bits per heavy atom. The number of hydrogen-bond donors (Lipinski definition) is 1. The molecule has 4 fully saturated rings. The van der Waals surface area contributed by atoms with E-state index in [-0.39, 0.29) is 23.9 Å². The summed E-state index contributed by atoms with van der Waals surface area (Å²) in [7, 11) is 0. The molecular weight excluding hydrogens is 430 g/mol. The molecule has 34 heavy (non-hydrogen) atoms. The molecule has 9 atom stereocenters. The molecule has 0 aromatic heterocycles. The second-order valence-electron chi connectivity index (χ2n) is 12.4. The van der Waals surface area contributed by atoms with Gasteiger partial charge in [0.2, 0.25) is 0 Å². The summed E-state index contributed by atoms with van der Waals surface area (Å²) in [5.74, 6) is -0.0733. The first kappa shape index (κ1) is 24.2. The lowest BCUT2D eigenvalue weighted by Gasteiger charge is -2.58. The molecule has 188 valence electrons. The zero-order valence-electron chi connectivity index (χ0n) is 21.4. The van der Waals surface area contributed by atoms with Crippen molar-refractivity contribution in [1.29, 1.82) is 0 Å². The maximum Gasteiger partial charge on any atom is 0.317 e. The van der Waals surface area contributed by atoms with Crippen LogP contribution in [0, 0.1) is 40.4 Å². The molecule has 3 saturated carbocycles. The number of nitrogens with zero attached hydrogens (tertiary/aromatic N) is 1. The molecule has 0 aromatic rings. The van der Waals surface area contributed by atoms with Gasteiger partial charge in [-0.15, -0.1) is 0 Å². The zero-order valence-corrected chi connectivity index (χ0v) is 21.4. The van der Waals surface area contributed by atoms with E-state index in [4.69, 9.17) is 9.47 Å². The van der Waals surface area contributed by atoms with Gasteiger partial charge in [-0.2, -0.15) is 0 Å². The fraction of sp³-hybridized carbons (Fsp3) is 0.786.